The maximum atomic E-state index is 12.0. The van der Waals surface area contributed by atoms with Crippen LogP contribution in [0.5, 0.6) is 0 Å². The number of hydrogen-bond donors (Lipinski definition) is 3. The summed E-state index contributed by atoms with van der Waals surface area (Å²) in [7, 11) is 0. The number of nitrogens with two attached hydrogens (primary N) is 1. The number of primary amides is 1. The fourth-order valence-electron chi connectivity index (χ4n) is 2.90. The first-order valence-corrected chi connectivity index (χ1v) is 7.46. The predicted octanol–water partition coefficient (Wildman–Crippen LogP) is 1.46. The lowest BCUT2D eigenvalue weighted by atomic mass is 9.83. The lowest BCUT2D eigenvalue weighted by Crippen LogP contribution is -2.43. The molecule has 1 aromatic rings. The molecular formula is C14H23N5O2. The van der Waals surface area contributed by atoms with E-state index >= 15 is 0 Å². The van der Waals surface area contributed by atoms with Crippen molar-refractivity contribution in [3.8, 4) is 0 Å². The third kappa shape index (κ3) is 4.47. The zero-order valence-electron chi connectivity index (χ0n) is 12.3. The molecule has 2 atom stereocenters. The van der Waals surface area contributed by atoms with Crippen molar-refractivity contribution in [2.24, 2.45) is 11.7 Å². The molecule has 2 rings (SSSR count). The van der Waals surface area contributed by atoms with Crippen LogP contribution in [0.3, 0.4) is 0 Å². The molecule has 1 heterocycles. The third-order valence-electron chi connectivity index (χ3n) is 3.96. The number of nitrogens with zero attached hydrogens (tertiary/aromatic N) is 2. The van der Waals surface area contributed by atoms with E-state index in [1.807, 2.05) is 0 Å². The predicted molar refractivity (Wildman–Crippen MR) is 79.6 cm³/mol. The summed E-state index contributed by atoms with van der Waals surface area (Å²) in [6.07, 6.45) is 8.80. The second kappa shape index (κ2) is 7.10. The van der Waals surface area contributed by atoms with Crippen molar-refractivity contribution >= 4 is 17.6 Å². The number of aromatic nitrogens is 2. The molecular weight excluding hydrogens is 270 g/mol. The monoisotopic (exact) mass is 293 g/mol. The van der Waals surface area contributed by atoms with Crippen molar-refractivity contribution in [3.05, 3.63) is 12.4 Å². The van der Waals surface area contributed by atoms with Gasteiger partial charge < -0.3 is 16.4 Å². The van der Waals surface area contributed by atoms with E-state index in [1.54, 1.807) is 6.20 Å². The van der Waals surface area contributed by atoms with Gasteiger partial charge in [0.1, 0.15) is 6.54 Å². The Kier molecular flexibility index (Phi) is 5.19. The molecule has 21 heavy (non-hydrogen) atoms. The van der Waals surface area contributed by atoms with Crippen molar-refractivity contribution in [1.29, 1.82) is 0 Å². The summed E-state index contributed by atoms with van der Waals surface area (Å²) in [6, 6.07) is 0.0170. The molecule has 0 bridgehead atoms. The Morgan fingerprint density at radius 3 is 2.90 bits per heavy atom. The van der Waals surface area contributed by atoms with Crippen LogP contribution >= 0.6 is 0 Å². The number of nitrogens with one attached hydrogen (secondary N) is 2. The van der Waals surface area contributed by atoms with Gasteiger partial charge in [0.15, 0.2) is 0 Å². The molecule has 1 aliphatic rings. The summed E-state index contributed by atoms with van der Waals surface area (Å²) in [5.41, 5.74) is 5.64. The van der Waals surface area contributed by atoms with Crippen molar-refractivity contribution in [3.63, 3.8) is 0 Å². The van der Waals surface area contributed by atoms with E-state index in [9.17, 15) is 9.59 Å². The zero-order chi connectivity index (χ0) is 15.2. The van der Waals surface area contributed by atoms with E-state index in [2.05, 4.69) is 22.7 Å². The van der Waals surface area contributed by atoms with E-state index in [1.165, 1.54) is 23.7 Å². The number of urea groups is 1. The van der Waals surface area contributed by atoms with Gasteiger partial charge in [-0.15, -0.1) is 0 Å². The van der Waals surface area contributed by atoms with Crippen LogP contribution in [0.4, 0.5) is 10.5 Å². The van der Waals surface area contributed by atoms with Crippen LogP contribution in [-0.2, 0) is 11.3 Å². The van der Waals surface area contributed by atoms with Crippen LogP contribution in [0.25, 0.3) is 0 Å². The first-order chi connectivity index (χ1) is 10.1. The lowest BCUT2D eigenvalue weighted by molar-refractivity contribution is -0.118. The van der Waals surface area contributed by atoms with Gasteiger partial charge in [0, 0.05) is 12.2 Å². The Hall–Kier alpha value is -2.05. The summed E-state index contributed by atoms with van der Waals surface area (Å²) in [6.45, 7) is 2.17. The van der Waals surface area contributed by atoms with Gasteiger partial charge in [0.25, 0.3) is 0 Å². The van der Waals surface area contributed by atoms with Gasteiger partial charge in [-0.1, -0.05) is 26.2 Å². The molecule has 116 valence electrons. The summed E-state index contributed by atoms with van der Waals surface area (Å²) in [4.78, 5) is 22.8. The highest BCUT2D eigenvalue weighted by Crippen LogP contribution is 2.26. The second-order valence-electron chi connectivity index (χ2n) is 5.55. The quantitative estimate of drug-likeness (QED) is 0.765. The molecule has 0 aromatic carbocycles. The molecule has 1 fully saturated rings. The molecule has 7 nitrogen and oxygen atoms in total. The molecule has 7 heteroatoms. The number of rotatable bonds is 5. The van der Waals surface area contributed by atoms with Crippen LogP contribution in [0.2, 0.25) is 0 Å². The van der Waals surface area contributed by atoms with Crippen LogP contribution in [-0.4, -0.2) is 27.8 Å². The minimum Gasteiger partial charge on any atom is -0.368 e. The number of hydrogen-bond acceptors (Lipinski definition) is 3. The van der Waals surface area contributed by atoms with E-state index in [-0.39, 0.29) is 18.6 Å². The highest BCUT2D eigenvalue weighted by molar-refractivity contribution is 5.89. The Morgan fingerprint density at radius 1 is 1.43 bits per heavy atom. The molecule has 0 aliphatic heterocycles. The maximum absolute atomic E-state index is 12.0. The number of anilines is 1. The van der Waals surface area contributed by atoms with Crippen LogP contribution < -0.4 is 16.4 Å². The highest BCUT2D eigenvalue weighted by Gasteiger charge is 2.25. The molecule has 0 radical (unpaired) electrons. The summed E-state index contributed by atoms with van der Waals surface area (Å²) < 4.78 is 1.40. The van der Waals surface area contributed by atoms with Gasteiger partial charge >= 0.3 is 6.03 Å². The minimum atomic E-state index is -0.470. The first-order valence-electron chi connectivity index (χ1n) is 7.46. The smallest absolute Gasteiger partial charge is 0.319 e. The molecule has 0 saturated heterocycles. The second-order valence-corrected chi connectivity index (χ2v) is 5.55. The molecule has 3 amide bonds. The Bertz CT molecular complexity index is 499. The van der Waals surface area contributed by atoms with Crippen LogP contribution in [0.15, 0.2) is 12.4 Å². The molecule has 0 spiro atoms. The standard InChI is InChI=1S/C14H23N5O2/c1-2-10-5-3-4-6-12(10)18-14(21)17-11-7-16-19(8-11)9-13(15)20/h7-8,10,12H,2-6,9H2,1H3,(H2,15,20)(H2,17,18,21)/t10-,12+/m1/s1. The molecule has 1 aliphatic carbocycles. The van der Waals surface area contributed by atoms with Crippen molar-refractivity contribution in [2.75, 3.05) is 5.32 Å². The fraction of sp³-hybridized carbons (Fsp3) is 0.643. The summed E-state index contributed by atoms with van der Waals surface area (Å²) in [5.74, 6) is 0.0872. The number of carbonyl (C=O) groups is 2. The van der Waals surface area contributed by atoms with Gasteiger partial charge in [-0.3, -0.25) is 9.48 Å². The Morgan fingerprint density at radius 2 is 2.19 bits per heavy atom. The lowest BCUT2D eigenvalue weighted by Gasteiger charge is -2.31. The highest BCUT2D eigenvalue weighted by atomic mass is 16.2. The molecule has 1 saturated carbocycles. The van der Waals surface area contributed by atoms with E-state index in [0.717, 1.165) is 19.3 Å². The average molecular weight is 293 g/mol. The minimum absolute atomic E-state index is 0.00380. The van der Waals surface area contributed by atoms with E-state index in [0.29, 0.717) is 11.6 Å². The Labute approximate surface area is 124 Å². The third-order valence-corrected chi connectivity index (χ3v) is 3.96. The van der Waals surface area contributed by atoms with Gasteiger partial charge in [-0.25, -0.2) is 4.79 Å². The maximum Gasteiger partial charge on any atom is 0.319 e. The molecule has 1 aromatic heterocycles. The van der Waals surface area contributed by atoms with Crippen molar-refractivity contribution in [1.82, 2.24) is 15.1 Å². The first kappa shape index (κ1) is 15.3. The van der Waals surface area contributed by atoms with Gasteiger partial charge in [0.2, 0.25) is 5.91 Å². The largest absolute Gasteiger partial charge is 0.368 e. The zero-order valence-corrected chi connectivity index (χ0v) is 12.3. The van der Waals surface area contributed by atoms with Crippen LogP contribution in [0, 0.1) is 5.92 Å². The van der Waals surface area contributed by atoms with Crippen molar-refractivity contribution < 1.29 is 9.59 Å². The van der Waals surface area contributed by atoms with Gasteiger partial charge in [0.05, 0.1) is 11.9 Å². The Balaban J connectivity index is 1.86. The van der Waals surface area contributed by atoms with Gasteiger partial charge in [-0.2, -0.15) is 5.10 Å². The van der Waals surface area contributed by atoms with Crippen molar-refractivity contribution in [2.45, 2.75) is 51.6 Å². The topological polar surface area (TPSA) is 102 Å². The molecule has 0 unspecified atom stereocenters. The number of amides is 3. The van der Waals surface area contributed by atoms with E-state index < -0.39 is 5.91 Å². The SMILES string of the molecule is CC[C@@H]1CCCC[C@@H]1NC(=O)Nc1cnn(CC(N)=O)c1. The number of carbonyl (C=O) groups excluding carboxylic acids is 2. The van der Waals surface area contributed by atoms with Crippen LogP contribution in [0.1, 0.15) is 39.0 Å². The fourth-order valence-corrected chi connectivity index (χ4v) is 2.90. The van der Waals surface area contributed by atoms with Gasteiger partial charge in [-0.05, 0) is 18.8 Å². The summed E-state index contributed by atoms with van der Waals surface area (Å²) >= 11 is 0. The average Bonchev–Trinajstić information content (AvgIpc) is 2.85. The molecule has 4 N–H and O–H groups in total. The normalized spacial score (nSPS) is 21.8. The van der Waals surface area contributed by atoms with E-state index in [4.69, 9.17) is 5.73 Å². The summed E-state index contributed by atoms with van der Waals surface area (Å²) in [5, 5.41) is 9.74.